The third-order valence-electron chi connectivity index (χ3n) is 4.48. The molecule has 2 aliphatic rings. The standard InChI is InChI=1S/C16H24N2O2/c17-18-15(14-2-1-8-19-11-14)5-3-12-4-6-16-13(10-12)7-9-20-16/h4,6,10,14-15,18H,1-3,5,7-9,11,17H2. The summed E-state index contributed by atoms with van der Waals surface area (Å²) in [7, 11) is 0. The maximum atomic E-state index is 5.73. The van der Waals surface area contributed by atoms with Gasteiger partial charge in [0.15, 0.2) is 0 Å². The van der Waals surface area contributed by atoms with Gasteiger partial charge in [-0.25, -0.2) is 0 Å². The smallest absolute Gasteiger partial charge is 0.122 e. The molecule has 1 aromatic rings. The molecule has 110 valence electrons. The van der Waals surface area contributed by atoms with Gasteiger partial charge < -0.3 is 9.47 Å². The molecule has 3 N–H and O–H groups in total. The predicted octanol–water partition coefficient (Wildman–Crippen LogP) is 1.81. The number of hydrazine groups is 1. The molecule has 1 saturated heterocycles. The largest absolute Gasteiger partial charge is 0.493 e. The molecule has 2 heterocycles. The molecular formula is C16H24N2O2. The average Bonchev–Trinajstić information content (AvgIpc) is 2.96. The van der Waals surface area contributed by atoms with Crippen LogP contribution < -0.4 is 16.0 Å². The summed E-state index contributed by atoms with van der Waals surface area (Å²) in [4.78, 5) is 0. The van der Waals surface area contributed by atoms with Gasteiger partial charge in [-0.3, -0.25) is 11.3 Å². The highest BCUT2D eigenvalue weighted by Gasteiger charge is 2.23. The molecule has 2 unspecified atom stereocenters. The molecule has 0 radical (unpaired) electrons. The summed E-state index contributed by atoms with van der Waals surface area (Å²) in [5.74, 6) is 7.34. The van der Waals surface area contributed by atoms with Gasteiger partial charge in [-0.1, -0.05) is 12.1 Å². The van der Waals surface area contributed by atoms with Gasteiger partial charge in [0.05, 0.1) is 13.2 Å². The molecule has 1 aromatic carbocycles. The van der Waals surface area contributed by atoms with E-state index in [1.807, 2.05) is 0 Å². The van der Waals surface area contributed by atoms with Gasteiger partial charge in [0, 0.05) is 19.1 Å². The number of nitrogens with one attached hydrogen (secondary N) is 1. The average molecular weight is 276 g/mol. The van der Waals surface area contributed by atoms with E-state index in [1.165, 1.54) is 17.5 Å². The monoisotopic (exact) mass is 276 g/mol. The second kappa shape index (κ2) is 6.57. The number of aryl methyl sites for hydroxylation is 1. The van der Waals surface area contributed by atoms with E-state index in [2.05, 4.69) is 23.6 Å². The third kappa shape index (κ3) is 3.14. The van der Waals surface area contributed by atoms with Crippen LogP contribution in [-0.2, 0) is 17.6 Å². The lowest BCUT2D eigenvalue weighted by molar-refractivity contribution is 0.0380. The SMILES string of the molecule is NNC(CCc1ccc2c(c1)CCO2)C1CCCOC1. The van der Waals surface area contributed by atoms with Crippen LogP contribution >= 0.6 is 0 Å². The van der Waals surface area contributed by atoms with Crippen LogP contribution in [0.3, 0.4) is 0 Å². The summed E-state index contributed by atoms with van der Waals surface area (Å²) in [5, 5.41) is 0. The first-order valence-corrected chi connectivity index (χ1v) is 7.65. The highest BCUT2D eigenvalue weighted by atomic mass is 16.5. The van der Waals surface area contributed by atoms with Crippen LogP contribution in [0.4, 0.5) is 0 Å². The Morgan fingerprint density at radius 2 is 2.30 bits per heavy atom. The molecule has 0 aromatic heterocycles. The lowest BCUT2D eigenvalue weighted by Gasteiger charge is -2.29. The minimum Gasteiger partial charge on any atom is -0.493 e. The first kappa shape index (κ1) is 13.9. The zero-order valence-corrected chi connectivity index (χ0v) is 11.9. The number of nitrogens with two attached hydrogens (primary N) is 1. The van der Waals surface area contributed by atoms with Gasteiger partial charge in [-0.15, -0.1) is 0 Å². The summed E-state index contributed by atoms with van der Waals surface area (Å²) in [6.07, 6.45) is 5.52. The van der Waals surface area contributed by atoms with Gasteiger partial charge >= 0.3 is 0 Å². The maximum Gasteiger partial charge on any atom is 0.122 e. The first-order chi connectivity index (χ1) is 9.86. The van der Waals surface area contributed by atoms with Gasteiger partial charge in [0.2, 0.25) is 0 Å². The van der Waals surface area contributed by atoms with Crippen LogP contribution in [0.5, 0.6) is 5.75 Å². The van der Waals surface area contributed by atoms with Crippen molar-refractivity contribution < 1.29 is 9.47 Å². The third-order valence-corrected chi connectivity index (χ3v) is 4.48. The summed E-state index contributed by atoms with van der Waals surface area (Å²) >= 11 is 0. The summed E-state index contributed by atoms with van der Waals surface area (Å²) in [5.41, 5.74) is 5.72. The Kier molecular flexibility index (Phi) is 4.55. The van der Waals surface area contributed by atoms with Crippen LogP contribution in [0, 0.1) is 5.92 Å². The summed E-state index contributed by atoms with van der Waals surface area (Å²) in [6, 6.07) is 6.91. The lowest BCUT2D eigenvalue weighted by atomic mass is 9.90. The van der Waals surface area contributed by atoms with Crippen molar-refractivity contribution in [2.24, 2.45) is 11.8 Å². The van der Waals surface area contributed by atoms with Crippen molar-refractivity contribution in [1.82, 2.24) is 5.43 Å². The number of hydrogen-bond donors (Lipinski definition) is 2. The van der Waals surface area contributed by atoms with E-state index in [0.717, 1.165) is 51.3 Å². The quantitative estimate of drug-likeness (QED) is 0.636. The number of hydrogen-bond acceptors (Lipinski definition) is 4. The summed E-state index contributed by atoms with van der Waals surface area (Å²) < 4.78 is 11.1. The molecule has 0 bridgehead atoms. The summed E-state index contributed by atoms with van der Waals surface area (Å²) in [6.45, 7) is 2.57. The van der Waals surface area contributed by atoms with Crippen LogP contribution in [0.25, 0.3) is 0 Å². The van der Waals surface area contributed by atoms with E-state index in [4.69, 9.17) is 15.3 Å². The highest BCUT2D eigenvalue weighted by Crippen LogP contribution is 2.27. The molecular weight excluding hydrogens is 252 g/mol. The van der Waals surface area contributed by atoms with Gasteiger partial charge in [0.1, 0.15) is 5.75 Å². The van der Waals surface area contributed by atoms with Gasteiger partial charge in [-0.2, -0.15) is 0 Å². The van der Waals surface area contributed by atoms with Crippen LogP contribution in [0.2, 0.25) is 0 Å². The number of fused-ring (bicyclic) bond motifs is 1. The molecule has 0 aliphatic carbocycles. The van der Waals surface area contributed by atoms with Crippen molar-refractivity contribution in [3.8, 4) is 5.75 Å². The van der Waals surface area contributed by atoms with Gasteiger partial charge in [0.25, 0.3) is 0 Å². The molecule has 4 nitrogen and oxygen atoms in total. The number of rotatable bonds is 5. The van der Waals surface area contributed by atoms with Crippen molar-refractivity contribution in [3.63, 3.8) is 0 Å². The minimum absolute atomic E-state index is 0.347. The van der Waals surface area contributed by atoms with Crippen molar-refractivity contribution >= 4 is 0 Å². The second-order valence-corrected chi connectivity index (χ2v) is 5.83. The van der Waals surface area contributed by atoms with E-state index in [9.17, 15) is 0 Å². The Morgan fingerprint density at radius 1 is 1.35 bits per heavy atom. The normalized spacial score (nSPS) is 23.1. The first-order valence-electron chi connectivity index (χ1n) is 7.65. The molecule has 20 heavy (non-hydrogen) atoms. The Labute approximate surface area is 120 Å². The fourth-order valence-electron chi connectivity index (χ4n) is 3.26. The van der Waals surface area contributed by atoms with Crippen molar-refractivity contribution in [2.45, 2.75) is 38.1 Å². The van der Waals surface area contributed by atoms with Crippen molar-refractivity contribution in [3.05, 3.63) is 29.3 Å². The van der Waals surface area contributed by atoms with E-state index < -0.39 is 0 Å². The molecule has 3 rings (SSSR count). The maximum absolute atomic E-state index is 5.73. The molecule has 0 saturated carbocycles. The molecule has 2 aliphatic heterocycles. The van der Waals surface area contributed by atoms with E-state index in [1.54, 1.807) is 0 Å². The lowest BCUT2D eigenvalue weighted by Crippen LogP contribution is -2.44. The van der Waals surface area contributed by atoms with E-state index >= 15 is 0 Å². The van der Waals surface area contributed by atoms with Gasteiger partial charge in [-0.05, 0) is 48.8 Å². The molecule has 1 fully saturated rings. The fourth-order valence-corrected chi connectivity index (χ4v) is 3.26. The molecule has 2 atom stereocenters. The highest BCUT2D eigenvalue weighted by molar-refractivity contribution is 5.39. The fraction of sp³-hybridized carbons (Fsp3) is 0.625. The van der Waals surface area contributed by atoms with Crippen LogP contribution in [0.1, 0.15) is 30.4 Å². The van der Waals surface area contributed by atoms with Crippen LogP contribution in [0.15, 0.2) is 18.2 Å². The molecule has 4 heteroatoms. The van der Waals surface area contributed by atoms with E-state index in [-0.39, 0.29) is 0 Å². The predicted molar refractivity (Wildman–Crippen MR) is 78.6 cm³/mol. The Morgan fingerprint density at radius 3 is 3.10 bits per heavy atom. The second-order valence-electron chi connectivity index (χ2n) is 5.83. The number of ether oxygens (including phenoxy) is 2. The Hall–Kier alpha value is -1.10. The molecule has 0 spiro atoms. The topological polar surface area (TPSA) is 56.5 Å². The van der Waals surface area contributed by atoms with E-state index in [0.29, 0.717) is 12.0 Å². The number of benzene rings is 1. The van der Waals surface area contributed by atoms with Crippen molar-refractivity contribution in [2.75, 3.05) is 19.8 Å². The van der Waals surface area contributed by atoms with Crippen LogP contribution in [-0.4, -0.2) is 25.9 Å². The zero-order valence-electron chi connectivity index (χ0n) is 11.9. The zero-order chi connectivity index (χ0) is 13.8. The Bertz CT molecular complexity index is 444. The molecule has 0 amide bonds. The van der Waals surface area contributed by atoms with Crippen molar-refractivity contribution in [1.29, 1.82) is 0 Å². The Balaban J connectivity index is 1.57. The minimum atomic E-state index is 0.347.